The predicted molar refractivity (Wildman–Crippen MR) is 66.8 cm³/mol. The van der Waals surface area contributed by atoms with Crippen LogP contribution in [0.25, 0.3) is 0 Å². The van der Waals surface area contributed by atoms with E-state index in [0.29, 0.717) is 12.2 Å². The molecule has 0 fully saturated rings. The molecule has 0 N–H and O–H groups in total. The first-order valence-electron chi connectivity index (χ1n) is 5.68. The highest BCUT2D eigenvalue weighted by atomic mass is 19.1. The van der Waals surface area contributed by atoms with Crippen LogP contribution in [-0.4, -0.2) is 6.61 Å². The van der Waals surface area contributed by atoms with Gasteiger partial charge in [0, 0.05) is 6.42 Å². The summed E-state index contributed by atoms with van der Waals surface area (Å²) in [7, 11) is 0. The number of aryl methyl sites for hydroxylation is 1. The highest BCUT2D eigenvalue weighted by Crippen LogP contribution is 2.16. The molecule has 17 heavy (non-hydrogen) atoms. The van der Waals surface area contributed by atoms with Crippen LogP contribution in [0, 0.1) is 12.7 Å². The van der Waals surface area contributed by atoms with Gasteiger partial charge in [-0.25, -0.2) is 4.39 Å². The molecule has 0 aromatic heterocycles. The number of rotatable bonds is 4. The van der Waals surface area contributed by atoms with Gasteiger partial charge in [-0.3, -0.25) is 0 Å². The summed E-state index contributed by atoms with van der Waals surface area (Å²) in [6.45, 7) is 2.34. The lowest BCUT2D eigenvalue weighted by Gasteiger charge is -2.07. The maximum Gasteiger partial charge on any atom is 0.126 e. The summed E-state index contributed by atoms with van der Waals surface area (Å²) >= 11 is 0. The van der Waals surface area contributed by atoms with Crippen LogP contribution in [0.3, 0.4) is 0 Å². The van der Waals surface area contributed by atoms with Gasteiger partial charge >= 0.3 is 0 Å². The topological polar surface area (TPSA) is 9.23 Å². The summed E-state index contributed by atoms with van der Waals surface area (Å²) in [4.78, 5) is 0. The molecule has 0 spiro atoms. The Kier molecular flexibility index (Phi) is 3.76. The fourth-order valence-electron chi connectivity index (χ4n) is 1.64. The van der Waals surface area contributed by atoms with Crippen molar-refractivity contribution in [1.29, 1.82) is 0 Å². The van der Waals surface area contributed by atoms with Crippen LogP contribution >= 0.6 is 0 Å². The van der Waals surface area contributed by atoms with Crippen molar-refractivity contribution >= 4 is 0 Å². The summed E-state index contributed by atoms with van der Waals surface area (Å²) in [5, 5.41) is 0. The summed E-state index contributed by atoms with van der Waals surface area (Å²) in [6, 6.07) is 15.0. The lowest BCUT2D eigenvalue weighted by Crippen LogP contribution is -2.01. The van der Waals surface area contributed by atoms with Gasteiger partial charge in [0.1, 0.15) is 11.6 Å². The molecule has 0 radical (unpaired) electrons. The van der Waals surface area contributed by atoms with Gasteiger partial charge in [-0.15, -0.1) is 0 Å². The number of hydrogen-bond acceptors (Lipinski definition) is 1. The second-order valence-electron chi connectivity index (χ2n) is 4.00. The third-order valence-electron chi connectivity index (χ3n) is 2.63. The molecule has 0 unspecified atom stereocenters. The largest absolute Gasteiger partial charge is 0.493 e. The average Bonchev–Trinajstić information content (AvgIpc) is 2.35. The van der Waals surface area contributed by atoms with Crippen LogP contribution in [0.5, 0.6) is 5.75 Å². The van der Waals surface area contributed by atoms with Crippen molar-refractivity contribution in [3.8, 4) is 5.75 Å². The molecule has 2 heteroatoms. The Morgan fingerprint density at radius 1 is 1.06 bits per heavy atom. The Balaban J connectivity index is 1.88. The SMILES string of the molecule is Cc1cc(OCCc2ccccc2)ccc1F. The quantitative estimate of drug-likeness (QED) is 0.777. The summed E-state index contributed by atoms with van der Waals surface area (Å²) in [5.74, 6) is 0.528. The van der Waals surface area contributed by atoms with E-state index in [0.717, 1.165) is 12.2 Å². The molecule has 0 aliphatic carbocycles. The van der Waals surface area contributed by atoms with Crippen molar-refractivity contribution in [3.05, 3.63) is 65.5 Å². The van der Waals surface area contributed by atoms with E-state index >= 15 is 0 Å². The zero-order chi connectivity index (χ0) is 12.1. The van der Waals surface area contributed by atoms with Gasteiger partial charge < -0.3 is 4.74 Å². The molecule has 0 aliphatic heterocycles. The first kappa shape index (κ1) is 11.6. The van der Waals surface area contributed by atoms with Gasteiger partial charge in [0.25, 0.3) is 0 Å². The van der Waals surface area contributed by atoms with Gasteiger partial charge in [0.05, 0.1) is 6.61 Å². The summed E-state index contributed by atoms with van der Waals surface area (Å²) in [6.07, 6.45) is 0.858. The first-order chi connectivity index (χ1) is 8.25. The highest BCUT2D eigenvalue weighted by molar-refractivity contribution is 5.28. The van der Waals surface area contributed by atoms with Gasteiger partial charge in [-0.2, -0.15) is 0 Å². The minimum absolute atomic E-state index is 0.194. The first-order valence-corrected chi connectivity index (χ1v) is 5.68. The molecular formula is C15H15FO. The molecular weight excluding hydrogens is 215 g/mol. The molecule has 2 aromatic carbocycles. The Labute approximate surface area is 101 Å². The zero-order valence-electron chi connectivity index (χ0n) is 9.82. The molecule has 0 amide bonds. The van der Waals surface area contributed by atoms with Crippen LogP contribution in [0.4, 0.5) is 4.39 Å². The van der Waals surface area contributed by atoms with Crippen LogP contribution in [0.2, 0.25) is 0 Å². The average molecular weight is 230 g/mol. The van der Waals surface area contributed by atoms with Gasteiger partial charge in [0.2, 0.25) is 0 Å². The fourth-order valence-corrected chi connectivity index (χ4v) is 1.64. The van der Waals surface area contributed by atoms with E-state index in [2.05, 4.69) is 12.1 Å². The Bertz CT molecular complexity index is 480. The Morgan fingerprint density at radius 2 is 1.82 bits per heavy atom. The van der Waals surface area contributed by atoms with Crippen molar-refractivity contribution in [2.75, 3.05) is 6.61 Å². The standard InChI is InChI=1S/C15H15FO/c1-12-11-14(7-8-15(12)16)17-10-9-13-5-3-2-4-6-13/h2-8,11H,9-10H2,1H3. The second-order valence-corrected chi connectivity index (χ2v) is 4.00. The van der Waals surface area contributed by atoms with Crippen LogP contribution in [0.15, 0.2) is 48.5 Å². The normalized spacial score (nSPS) is 10.2. The molecule has 2 aromatic rings. The minimum Gasteiger partial charge on any atom is -0.493 e. The third kappa shape index (κ3) is 3.31. The molecule has 0 saturated heterocycles. The fraction of sp³-hybridized carbons (Fsp3) is 0.200. The lowest BCUT2D eigenvalue weighted by atomic mass is 10.2. The van der Waals surface area contributed by atoms with Crippen molar-refractivity contribution < 1.29 is 9.13 Å². The van der Waals surface area contributed by atoms with Gasteiger partial charge in [-0.1, -0.05) is 30.3 Å². The summed E-state index contributed by atoms with van der Waals surface area (Å²) in [5.41, 5.74) is 1.86. The van der Waals surface area contributed by atoms with E-state index in [1.807, 2.05) is 18.2 Å². The predicted octanol–water partition coefficient (Wildman–Crippen LogP) is 3.76. The third-order valence-corrected chi connectivity index (χ3v) is 2.63. The van der Waals surface area contributed by atoms with E-state index in [-0.39, 0.29) is 5.82 Å². The Morgan fingerprint density at radius 3 is 2.53 bits per heavy atom. The monoisotopic (exact) mass is 230 g/mol. The van der Waals surface area contributed by atoms with Gasteiger partial charge in [0.15, 0.2) is 0 Å². The smallest absolute Gasteiger partial charge is 0.126 e. The minimum atomic E-state index is -0.194. The van der Waals surface area contributed by atoms with Crippen LogP contribution in [0.1, 0.15) is 11.1 Å². The van der Waals surface area contributed by atoms with Gasteiger partial charge in [-0.05, 0) is 36.2 Å². The molecule has 2 rings (SSSR count). The van der Waals surface area contributed by atoms with E-state index < -0.39 is 0 Å². The molecule has 0 heterocycles. The highest BCUT2D eigenvalue weighted by Gasteiger charge is 1.99. The number of benzene rings is 2. The van der Waals surface area contributed by atoms with Crippen LogP contribution < -0.4 is 4.74 Å². The van der Waals surface area contributed by atoms with Crippen molar-refractivity contribution in [1.82, 2.24) is 0 Å². The number of ether oxygens (including phenoxy) is 1. The molecule has 0 atom stereocenters. The molecule has 1 nitrogen and oxygen atoms in total. The van der Waals surface area contributed by atoms with E-state index in [1.165, 1.54) is 11.6 Å². The number of halogens is 1. The second kappa shape index (κ2) is 5.48. The van der Waals surface area contributed by atoms with E-state index in [4.69, 9.17) is 4.74 Å². The van der Waals surface area contributed by atoms with E-state index in [1.54, 1.807) is 19.1 Å². The Hall–Kier alpha value is -1.83. The van der Waals surface area contributed by atoms with Crippen LogP contribution in [-0.2, 0) is 6.42 Å². The van der Waals surface area contributed by atoms with Crippen molar-refractivity contribution in [2.24, 2.45) is 0 Å². The lowest BCUT2D eigenvalue weighted by molar-refractivity contribution is 0.321. The number of hydrogen-bond donors (Lipinski definition) is 0. The van der Waals surface area contributed by atoms with Crippen molar-refractivity contribution in [3.63, 3.8) is 0 Å². The molecule has 0 saturated carbocycles. The maximum absolute atomic E-state index is 13.0. The molecule has 0 aliphatic rings. The van der Waals surface area contributed by atoms with E-state index in [9.17, 15) is 4.39 Å². The maximum atomic E-state index is 13.0. The zero-order valence-corrected chi connectivity index (χ0v) is 9.82. The van der Waals surface area contributed by atoms with Crippen molar-refractivity contribution in [2.45, 2.75) is 13.3 Å². The summed E-state index contributed by atoms with van der Waals surface area (Å²) < 4.78 is 18.6. The molecule has 88 valence electrons. The molecule has 0 bridgehead atoms.